The van der Waals surface area contributed by atoms with Crippen LogP contribution in [-0.4, -0.2) is 21.3 Å². The number of imidazole rings is 1. The van der Waals surface area contributed by atoms with Gasteiger partial charge in [0.1, 0.15) is 11.6 Å². The van der Waals surface area contributed by atoms with Crippen molar-refractivity contribution in [2.45, 2.75) is 13.0 Å². The van der Waals surface area contributed by atoms with Crippen LogP contribution in [0.2, 0.25) is 0 Å². The number of aliphatic hydroxyl groups is 1. The molecule has 1 N–H and O–H groups in total. The number of aliphatic hydroxyl groups excluding tert-OH is 1. The van der Waals surface area contributed by atoms with Crippen molar-refractivity contribution in [3.63, 3.8) is 0 Å². The minimum atomic E-state index is -0.00141. The zero-order valence-electron chi connectivity index (χ0n) is 9.84. The van der Waals surface area contributed by atoms with Crippen LogP contribution >= 0.6 is 0 Å². The second kappa shape index (κ2) is 5.50. The lowest BCUT2D eigenvalue weighted by molar-refractivity contribution is 0.263. The van der Waals surface area contributed by atoms with Gasteiger partial charge in [-0.3, -0.25) is 0 Å². The van der Waals surface area contributed by atoms with Crippen LogP contribution in [0, 0.1) is 0 Å². The summed E-state index contributed by atoms with van der Waals surface area (Å²) in [6.45, 7) is 0.556. The van der Waals surface area contributed by atoms with Crippen molar-refractivity contribution in [3.8, 4) is 5.75 Å². The monoisotopic (exact) mass is 232 g/mol. The number of benzene rings is 1. The highest BCUT2D eigenvalue weighted by atomic mass is 16.5. The molecule has 2 aromatic rings. The molecular formula is C13H16N2O2. The first kappa shape index (κ1) is 11.7. The minimum Gasteiger partial charge on any atom is -0.493 e. The van der Waals surface area contributed by atoms with E-state index in [4.69, 9.17) is 9.84 Å². The Bertz CT molecular complexity index is 480. The smallest absolute Gasteiger partial charge is 0.124 e. The fourth-order valence-corrected chi connectivity index (χ4v) is 1.66. The number of hydrogen-bond acceptors (Lipinski definition) is 3. The maximum Gasteiger partial charge on any atom is 0.124 e. The van der Waals surface area contributed by atoms with Crippen LogP contribution < -0.4 is 4.74 Å². The predicted molar refractivity (Wildman–Crippen MR) is 64.8 cm³/mol. The zero-order chi connectivity index (χ0) is 12.1. The first-order valence-corrected chi connectivity index (χ1v) is 5.59. The van der Waals surface area contributed by atoms with Gasteiger partial charge in [0.2, 0.25) is 0 Å². The predicted octanol–water partition coefficient (Wildman–Crippen LogP) is 1.53. The number of para-hydroxylation sites is 1. The number of aryl methyl sites for hydroxylation is 1. The second-order valence-corrected chi connectivity index (χ2v) is 3.82. The maximum absolute atomic E-state index is 9.15. The largest absolute Gasteiger partial charge is 0.493 e. The Kier molecular flexibility index (Phi) is 3.77. The van der Waals surface area contributed by atoms with E-state index in [2.05, 4.69) is 4.98 Å². The first-order valence-electron chi connectivity index (χ1n) is 5.59. The Labute approximate surface area is 100 Å². The number of nitrogens with zero attached hydrogens (tertiary/aromatic N) is 2. The molecule has 0 aliphatic rings. The van der Waals surface area contributed by atoms with Crippen molar-refractivity contribution in [2.75, 3.05) is 6.61 Å². The molecule has 0 spiro atoms. The Hall–Kier alpha value is -1.81. The van der Waals surface area contributed by atoms with Crippen molar-refractivity contribution in [3.05, 3.63) is 48.0 Å². The van der Waals surface area contributed by atoms with Gasteiger partial charge in [-0.2, -0.15) is 0 Å². The molecule has 1 heterocycles. The van der Waals surface area contributed by atoms with Crippen LogP contribution in [0.1, 0.15) is 11.4 Å². The molecular weight excluding hydrogens is 216 g/mol. The van der Waals surface area contributed by atoms with E-state index in [1.807, 2.05) is 42.1 Å². The van der Waals surface area contributed by atoms with Gasteiger partial charge in [-0.05, 0) is 6.07 Å². The fourth-order valence-electron chi connectivity index (χ4n) is 1.66. The molecule has 1 aromatic carbocycles. The third-order valence-corrected chi connectivity index (χ3v) is 2.65. The molecule has 0 atom stereocenters. The molecule has 0 aliphatic carbocycles. The molecule has 4 nitrogen and oxygen atoms in total. The molecule has 2 rings (SSSR count). The van der Waals surface area contributed by atoms with Crippen molar-refractivity contribution in [1.82, 2.24) is 9.55 Å². The summed E-state index contributed by atoms with van der Waals surface area (Å²) in [5.74, 6) is 1.73. The van der Waals surface area contributed by atoms with E-state index >= 15 is 0 Å². The fraction of sp³-hybridized carbons (Fsp3) is 0.308. The summed E-state index contributed by atoms with van der Waals surface area (Å²) in [6.07, 6.45) is 4.44. The molecule has 0 fully saturated rings. The molecule has 0 bridgehead atoms. The Balaban J connectivity index is 1.92. The normalized spacial score (nSPS) is 10.5. The lowest BCUT2D eigenvalue weighted by Crippen LogP contribution is -2.07. The van der Waals surface area contributed by atoms with Crippen molar-refractivity contribution < 1.29 is 9.84 Å². The first-order chi connectivity index (χ1) is 8.31. The Morgan fingerprint density at radius 1 is 1.35 bits per heavy atom. The summed E-state index contributed by atoms with van der Waals surface area (Å²) in [5.41, 5.74) is 0.812. The van der Waals surface area contributed by atoms with Crippen LogP contribution in [0.15, 0.2) is 36.7 Å². The van der Waals surface area contributed by atoms with Crippen LogP contribution in [0.25, 0.3) is 0 Å². The van der Waals surface area contributed by atoms with E-state index in [9.17, 15) is 0 Å². The van der Waals surface area contributed by atoms with Gasteiger partial charge in [-0.15, -0.1) is 0 Å². The molecule has 0 amide bonds. The number of hydrogen-bond donors (Lipinski definition) is 1. The molecule has 0 saturated carbocycles. The van der Waals surface area contributed by atoms with E-state index in [1.54, 1.807) is 6.20 Å². The number of aromatic nitrogens is 2. The summed E-state index contributed by atoms with van der Waals surface area (Å²) in [7, 11) is 1.96. The third kappa shape index (κ3) is 2.85. The van der Waals surface area contributed by atoms with Crippen molar-refractivity contribution in [1.29, 1.82) is 0 Å². The van der Waals surface area contributed by atoms with E-state index < -0.39 is 0 Å². The van der Waals surface area contributed by atoms with Gasteiger partial charge >= 0.3 is 0 Å². The van der Waals surface area contributed by atoms with Gasteiger partial charge in [-0.25, -0.2) is 4.98 Å². The van der Waals surface area contributed by atoms with Crippen LogP contribution in [-0.2, 0) is 20.1 Å². The number of ether oxygens (including phenoxy) is 1. The quantitative estimate of drug-likeness (QED) is 0.850. The molecule has 1 aromatic heterocycles. The highest BCUT2D eigenvalue weighted by Crippen LogP contribution is 2.17. The van der Waals surface area contributed by atoms with Gasteiger partial charge < -0.3 is 14.4 Å². The van der Waals surface area contributed by atoms with Gasteiger partial charge in [0.05, 0.1) is 13.2 Å². The molecule has 0 radical (unpaired) electrons. The highest BCUT2D eigenvalue weighted by molar-refractivity contribution is 5.32. The lowest BCUT2D eigenvalue weighted by atomic mass is 10.2. The highest BCUT2D eigenvalue weighted by Gasteiger charge is 2.03. The molecule has 90 valence electrons. The summed E-state index contributed by atoms with van der Waals surface area (Å²) >= 11 is 0. The Morgan fingerprint density at radius 3 is 2.88 bits per heavy atom. The average Bonchev–Trinajstić information content (AvgIpc) is 2.76. The van der Waals surface area contributed by atoms with Gasteiger partial charge in [0.25, 0.3) is 0 Å². The van der Waals surface area contributed by atoms with Gasteiger partial charge in [-0.1, -0.05) is 18.2 Å². The van der Waals surface area contributed by atoms with Crippen LogP contribution in [0.4, 0.5) is 0 Å². The van der Waals surface area contributed by atoms with E-state index in [-0.39, 0.29) is 6.61 Å². The van der Waals surface area contributed by atoms with E-state index in [1.165, 1.54) is 0 Å². The summed E-state index contributed by atoms with van der Waals surface area (Å²) < 4.78 is 7.62. The topological polar surface area (TPSA) is 47.3 Å². The molecule has 0 saturated heterocycles. The number of rotatable bonds is 5. The average molecular weight is 232 g/mol. The molecule has 0 unspecified atom stereocenters. The SMILES string of the molecule is Cn1ccnc1CCOc1ccccc1CO. The van der Waals surface area contributed by atoms with Crippen molar-refractivity contribution in [2.24, 2.45) is 7.05 Å². The van der Waals surface area contributed by atoms with Crippen molar-refractivity contribution >= 4 is 0 Å². The van der Waals surface area contributed by atoms with Gasteiger partial charge in [0, 0.05) is 31.4 Å². The molecule has 0 aliphatic heterocycles. The summed E-state index contributed by atoms with van der Waals surface area (Å²) in [5, 5.41) is 9.15. The minimum absolute atomic E-state index is 0.00141. The standard InChI is InChI=1S/C13H16N2O2/c1-15-8-7-14-13(15)6-9-17-12-5-3-2-4-11(12)10-16/h2-5,7-8,16H,6,9-10H2,1H3. The maximum atomic E-state index is 9.15. The Morgan fingerprint density at radius 2 is 2.18 bits per heavy atom. The van der Waals surface area contributed by atoms with E-state index in [0.29, 0.717) is 6.61 Å². The second-order valence-electron chi connectivity index (χ2n) is 3.82. The van der Waals surface area contributed by atoms with Crippen LogP contribution in [0.3, 0.4) is 0 Å². The molecule has 4 heteroatoms. The third-order valence-electron chi connectivity index (χ3n) is 2.65. The molecule has 17 heavy (non-hydrogen) atoms. The van der Waals surface area contributed by atoms with Crippen LogP contribution in [0.5, 0.6) is 5.75 Å². The zero-order valence-corrected chi connectivity index (χ0v) is 9.84. The van der Waals surface area contributed by atoms with E-state index in [0.717, 1.165) is 23.6 Å². The summed E-state index contributed by atoms with van der Waals surface area (Å²) in [4.78, 5) is 4.22. The summed E-state index contributed by atoms with van der Waals surface area (Å²) in [6, 6.07) is 7.51. The lowest BCUT2D eigenvalue weighted by Gasteiger charge is -2.09. The van der Waals surface area contributed by atoms with Gasteiger partial charge in [0.15, 0.2) is 0 Å².